The Morgan fingerprint density at radius 1 is 0.808 bits per heavy atom. The third-order valence-corrected chi connectivity index (χ3v) is 4.79. The first kappa shape index (κ1) is 25.3. The van der Waals surface area contributed by atoms with Crippen LogP contribution in [-0.4, -0.2) is 57.3 Å². The van der Waals surface area contributed by atoms with E-state index < -0.39 is 12.2 Å². The number of rotatable bonds is 17. The second kappa shape index (κ2) is 16.5. The molecule has 0 fully saturated rings. The molecule has 0 rings (SSSR count). The van der Waals surface area contributed by atoms with Crippen LogP contribution in [0.3, 0.4) is 0 Å². The lowest BCUT2D eigenvalue weighted by Crippen LogP contribution is -2.41. The van der Waals surface area contributed by atoms with Gasteiger partial charge in [-0.2, -0.15) is 0 Å². The molecule has 6 heteroatoms. The summed E-state index contributed by atoms with van der Waals surface area (Å²) >= 11 is 0. The second-order valence-electron chi connectivity index (χ2n) is 7.52. The molecule has 0 heterocycles. The molecule has 4 atom stereocenters. The number of nitrogens with one attached hydrogen (secondary N) is 1. The van der Waals surface area contributed by atoms with Gasteiger partial charge in [0, 0.05) is 20.0 Å². The summed E-state index contributed by atoms with van der Waals surface area (Å²) in [5.41, 5.74) is 0. The van der Waals surface area contributed by atoms with E-state index in [1.54, 1.807) is 6.92 Å². The molecule has 0 spiro atoms. The Morgan fingerprint density at radius 2 is 1.27 bits per heavy atom. The number of carbonyl (C=O) groups is 1. The molecule has 0 bridgehead atoms. The van der Waals surface area contributed by atoms with Crippen molar-refractivity contribution < 1.29 is 25.2 Å². The summed E-state index contributed by atoms with van der Waals surface area (Å²) in [6, 6.07) is -0.360. The number of aliphatic hydroxyl groups excluding tert-OH is 4. The van der Waals surface area contributed by atoms with Gasteiger partial charge in [-0.15, -0.1) is 0 Å². The van der Waals surface area contributed by atoms with Crippen LogP contribution in [-0.2, 0) is 4.79 Å². The molecule has 156 valence electrons. The summed E-state index contributed by atoms with van der Waals surface area (Å²) in [7, 11) is 0. The Balaban J connectivity index is 3.56. The molecular weight excluding hydrogens is 334 g/mol. The van der Waals surface area contributed by atoms with Crippen molar-refractivity contribution in [3.8, 4) is 0 Å². The largest absolute Gasteiger partial charge is 0.396 e. The molecule has 1 amide bonds. The molecule has 0 aromatic carbocycles. The summed E-state index contributed by atoms with van der Waals surface area (Å²) in [5, 5.41) is 41.2. The number of amides is 1. The van der Waals surface area contributed by atoms with Crippen molar-refractivity contribution in [3.63, 3.8) is 0 Å². The zero-order valence-electron chi connectivity index (χ0n) is 16.7. The summed E-state index contributed by atoms with van der Waals surface area (Å²) in [6.45, 7) is 3.41. The van der Waals surface area contributed by atoms with Crippen molar-refractivity contribution in [2.75, 3.05) is 6.61 Å². The third-order valence-electron chi connectivity index (χ3n) is 4.79. The predicted molar refractivity (Wildman–Crippen MR) is 104 cm³/mol. The highest BCUT2D eigenvalue weighted by molar-refractivity contribution is 5.73. The highest BCUT2D eigenvalue weighted by atomic mass is 16.3. The van der Waals surface area contributed by atoms with Crippen LogP contribution in [0.5, 0.6) is 0 Å². The van der Waals surface area contributed by atoms with E-state index in [9.17, 15) is 20.1 Å². The summed E-state index contributed by atoms with van der Waals surface area (Å²) in [4.78, 5) is 11.0. The average Bonchev–Trinajstić information content (AvgIpc) is 2.57. The Morgan fingerprint density at radius 3 is 1.81 bits per heavy atom. The third kappa shape index (κ3) is 15.6. The minimum Gasteiger partial charge on any atom is -0.396 e. The Bertz CT molecular complexity index is 340. The molecule has 0 aliphatic rings. The molecular formula is C20H41NO5. The van der Waals surface area contributed by atoms with Gasteiger partial charge in [0.05, 0.1) is 24.4 Å². The van der Waals surface area contributed by atoms with Crippen LogP contribution in [0.1, 0.15) is 90.9 Å². The van der Waals surface area contributed by atoms with Gasteiger partial charge in [-0.3, -0.25) is 4.79 Å². The normalized spacial score (nSPS) is 16.1. The van der Waals surface area contributed by atoms with E-state index in [1.807, 2.05) is 0 Å². The smallest absolute Gasteiger partial charge is 0.217 e. The number of hydrogen-bond donors (Lipinski definition) is 5. The van der Waals surface area contributed by atoms with Crippen LogP contribution >= 0.6 is 0 Å². The molecule has 6 nitrogen and oxygen atoms in total. The standard InChI is InChI=1S/C20H41NO5/c1-16(21-17(2)23)20(26)15-19(25)13-9-6-8-12-18(24)11-7-4-3-5-10-14-22/h16,18-20,22,24-26H,3-15H2,1-2H3,(H,21,23). The van der Waals surface area contributed by atoms with Gasteiger partial charge in [0.1, 0.15) is 0 Å². The number of aliphatic hydroxyl groups is 4. The minimum atomic E-state index is -0.742. The molecule has 0 aromatic heterocycles. The fraction of sp³-hybridized carbons (Fsp3) is 0.950. The molecule has 0 aromatic rings. The molecule has 0 aliphatic carbocycles. The van der Waals surface area contributed by atoms with Gasteiger partial charge < -0.3 is 25.7 Å². The van der Waals surface area contributed by atoms with Crippen LogP contribution in [0.15, 0.2) is 0 Å². The van der Waals surface area contributed by atoms with E-state index in [1.165, 1.54) is 6.92 Å². The van der Waals surface area contributed by atoms with Gasteiger partial charge in [0.15, 0.2) is 0 Å². The minimum absolute atomic E-state index is 0.185. The van der Waals surface area contributed by atoms with Crippen molar-refractivity contribution in [3.05, 3.63) is 0 Å². The number of carbonyl (C=O) groups excluding carboxylic acids is 1. The first-order valence-corrected chi connectivity index (χ1v) is 10.3. The van der Waals surface area contributed by atoms with Crippen molar-refractivity contribution in [1.82, 2.24) is 5.32 Å². The first-order valence-electron chi connectivity index (χ1n) is 10.3. The number of hydrogen-bond acceptors (Lipinski definition) is 5. The van der Waals surface area contributed by atoms with Gasteiger partial charge in [0.25, 0.3) is 0 Å². The van der Waals surface area contributed by atoms with Gasteiger partial charge in [0.2, 0.25) is 5.91 Å². The monoisotopic (exact) mass is 375 g/mol. The lowest BCUT2D eigenvalue weighted by molar-refractivity contribution is -0.120. The lowest BCUT2D eigenvalue weighted by Gasteiger charge is -2.22. The Labute approximate surface area is 159 Å². The topological polar surface area (TPSA) is 110 Å². The highest BCUT2D eigenvalue weighted by Gasteiger charge is 2.18. The van der Waals surface area contributed by atoms with Gasteiger partial charge >= 0.3 is 0 Å². The van der Waals surface area contributed by atoms with Crippen molar-refractivity contribution in [2.45, 2.75) is 115 Å². The maximum atomic E-state index is 11.0. The lowest BCUT2D eigenvalue weighted by atomic mass is 9.99. The number of unbranched alkanes of at least 4 members (excludes halogenated alkanes) is 6. The van der Waals surface area contributed by atoms with E-state index in [0.29, 0.717) is 6.42 Å². The Hall–Kier alpha value is -0.690. The zero-order chi connectivity index (χ0) is 19.8. The summed E-state index contributed by atoms with van der Waals surface area (Å²) < 4.78 is 0. The maximum absolute atomic E-state index is 11.0. The van der Waals surface area contributed by atoms with E-state index >= 15 is 0 Å². The fourth-order valence-electron chi connectivity index (χ4n) is 3.12. The van der Waals surface area contributed by atoms with Gasteiger partial charge in [-0.25, -0.2) is 0 Å². The van der Waals surface area contributed by atoms with E-state index in [-0.39, 0.29) is 31.1 Å². The molecule has 0 saturated heterocycles. The van der Waals surface area contributed by atoms with Gasteiger partial charge in [-0.05, 0) is 32.6 Å². The van der Waals surface area contributed by atoms with Crippen LogP contribution in [0.2, 0.25) is 0 Å². The zero-order valence-corrected chi connectivity index (χ0v) is 16.7. The van der Waals surface area contributed by atoms with E-state index in [4.69, 9.17) is 5.11 Å². The molecule has 26 heavy (non-hydrogen) atoms. The molecule has 4 unspecified atom stereocenters. The molecule has 0 saturated carbocycles. The van der Waals surface area contributed by atoms with Gasteiger partial charge in [-0.1, -0.05) is 44.9 Å². The predicted octanol–water partition coefficient (Wildman–Crippen LogP) is 2.27. The summed E-state index contributed by atoms with van der Waals surface area (Å²) in [6.07, 6.45) is 8.98. The van der Waals surface area contributed by atoms with Crippen LogP contribution < -0.4 is 5.32 Å². The SMILES string of the molecule is CC(=O)NC(C)C(O)CC(O)CCCCCC(O)CCCCCCCO. The van der Waals surface area contributed by atoms with E-state index in [0.717, 1.165) is 64.2 Å². The Kier molecular flexibility index (Phi) is 16.0. The highest BCUT2D eigenvalue weighted by Crippen LogP contribution is 2.15. The van der Waals surface area contributed by atoms with Crippen LogP contribution in [0.4, 0.5) is 0 Å². The maximum Gasteiger partial charge on any atom is 0.217 e. The van der Waals surface area contributed by atoms with Crippen LogP contribution in [0.25, 0.3) is 0 Å². The van der Waals surface area contributed by atoms with Crippen LogP contribution in [0, 0.1) is 0 Å². The first-order chi connectivity index (χ1) is 12.4. The van der Waals surface area contributed by atoms with Crippen molar-refractivity contribution in [1.29, 1.82) is 0 Å². The quantitative estimate of drug-likeness (QED) is 0.251. The second-order valence-corrected chi connectivity index (χ2v) is 7.52. The molecule has 0 radical (unpaired) electrons. The average molecular weight is 376 g/mol. The van der Waals surface area contributed by atoms with E-state index in [2.05, 4.69) is 5.32 Å². The summed E-state index contributed by atoms with van der Waals surface area (Å²) in [5.74, 6) is -0.185. The fourth-order valence-corrected chi connectivity index (χ4v) is 3.12. The molecule has 0 aliphatic heterocycles. The molecule has 5 N–H and O–H groups in total. The van der Waals surface area contributed by atoms with Crippen molar-refractivity contribution in [2.24, 2.45) is 0 Å². The van der Waals surface area contributed by atoms with Crippen molar-refractivity contribution >= 4 is 5.91 Å².